The highest BCUT2D eigenvalue weighted by molar-refractivity contribution is 5.95. The molecule has 2 aromatic rings. The van der Waals surface area contributed by atoms with Crippen molar-refractivity contribution in [3.8, 4) is 5.75 Å². The van der Waals surface area contributed by atoms with Crippen LogP contribution in [-0.2, 0) is 6.54 Å². The van der Waals surface area contributed by atoms with Gasteiger partial charge < -0.3 is 30.9 Å². The molecule has 8 heteroatoms. The third-order valence-electron chi connectivity index (χ3n) is 4.11. The van der Waals surface area contributed by atoms with Crippen LogP contribution in [0, 0.1) is 0 Å². The Hall–Kier alpha value is -3.10. The number of amides is 1. The first-order chi connectivity index (χ1) is 13.6. The van der Waals surface area contributed by atoms with Gasteiger partial charge in [-0.05, 0) is 42.0 Å². The van der Waals surface area contributed by atoms with Crippen LogP contribution in [-0.4, -0.2) is 54.5 Å². The van der Waals surface area contributed by atoms with Crippen LogP contribution in [0.4, 0.5) is 5.69 Å². The molecule has 0 bridgehead atoms. The number of aliphatic hydroxyl groups is 2. The molecule has 1 aliphatic heterocycles. The standard InChI is InChI=1S/C20H24N4O4/c25-12-17(26)13-28-18-7-3-15(4-8-18)19(27)23-11-14-1-5-16(6-2-14)24-20-21-9-10-22-20/h1-8,17,25-26H,9-13H2,(H,23,27)(H2,21,22,24). The normalized spacial score (nSPS) is 14.0. The van der Waals surface area contributed by atoms with Gasteiger partial charge in [-0.15, -0.1) is 0 Å². The number of carbonyl (C=O) groups is 1. The van der Waals surface area contributed by atoms with E-state index in [1.54, 1.807) is 24.3 Å². The lowest BCUT2D eigenvalue weighted by Gasteiger charge is -2.11. The lowest BCUT2D eigenvalue weighted by Crippen LogP contribution is -2.26. The Morgan fingerprint density at radius 2 is 1.93 bits per heavy atom. The molecule has 1 atom stereocenters. The van der Waals surface area contributed by atoms with Crippen molar-refractivity contribution in [2.24, 2.45) is 4.99 Å². The second-order valence-electron chi connectivity index (χ2n) is 6.33. The van der Waals surface area contributed by atoms with Crippen LogP contribution in [0.15, 0.2) is 53.5 Å². The quantitative estimate of drug-likeness (QED) is 0.458. The lowest BCUT2D eigenvalue weighted by molar-refractivity contribution is 0.0536. The maximum atomic E-state index is 12.3. The van der Waals surface area contributed by atoms with Gasteiger partial charge in [0, 0.05) is 24.3 Å². The number of anilines is 1. The predicted octanol–water partition coefficient (Wildman–Crippen LogP) is 0.720. The third-order valence-corrected chi connectivity index (χ3v) is 4.11. The summed E-state index contributed by atoms with van der Waals surface area (Å²) in [4.78, 5) is 16.6. The Labute approximate surface area is 163 Å². The number of nitrogens with one attached hydrogen (secondary N) is 3. The van der Waals surface area contributed by atoms with Crippen molar-refractivity contribution in [1.29, 1.82) is 0 Å². The fourth-order valence-electron chi connectivity index (χ4n) is 2.56. The van der Waals surface area contributed by atoms with Crippen molar-refractivity contribution in [3.05, 3.63) is 59.7 Å². The van der Waals surface area contributed by atoms with Crippen LogP contribution in [0.5, 0.6) is 5.75 Å². The van der Waals surface area contributed by atoms with Crippen LogP contribution in [0.2, 0.25) is 0 Å². The summed E-state index contributed by atoms with van der Waals surface area (Å²) in [7, 11) is 0. The van der Waals surface area contributed by atoms with Gasteiger partial charge >= 0.3 is 0 Å². The number of carbonyl (C=O) groups excluding carboxylic acids is 1. The van der Waals surface area contributed by atoms with Gasteiger partial charge in [-0.1, -0.05) is 12.1 Å². The minimum absolute atomic E-state index is 0.00367. The van der Waals surface area contributed by atoms with E-state index in [0.29, 0.717) is 17.9 Å². The summed E-state index contributed by atoms with van der Waals surface area (Å²) in [5.74, 6) is 1.11. The molecule has 1 unspecified atom stereocenters. The molecule has 5 N–H and O–H groups in total. The van der Waals surface area contributed by atoms with E-state index in [9.17, 15) is 9.90 Å². The molecule has 28 heavy (non-hydrogen) atoms. The van der Waals surface area contributed by atoms with Crippen molar-refractivity contribution in [1.82, 2.24) is 10.6 Å². The van der Waals surface area contributed by atoms with E-state index >= 15 is 0 Å². The first kappa shape index (κ1) is 19.7. The SMILES string of the molecule is O=C(NCc1ccc(NC2=NCCN2)cc1)c1ccc(OCC(O)CO)cc1. The number of hydrogen-bond donors (Lipinski definition) is 5. The highest BCUT2D eigenvalue weighted by Gasteiger charge is 2.08. The highest BCUT2D eigenvalue weighted by atomic mass is 16.5. The summed E-state index contributed by atoms with van der Waals surface area (Å²) in [6.45, 7) is 1.69. The minimum Gasteiger partial charge on any atom is -0.491 e. The van der Waals surface area contributed by atoms with E-state index in [2.05, 4.69) is 20.9 Å². The van der Waals surface area contributed by atoms with E-state index in [4.69, 9.17) is 9.84 Å². The number of nitrogens with zero attached hydrogens (tertiary/aromatic N) is 1. The van der Waals surface area contributed by atoms with Crippen LogP contribution in [0.25, 0.3) is 0 Å². The maximum Gasteiger partial charge on any atom is 0.251 e. The zero-order chi connectivity index (χ0) is 19.8. The summed E-state index contributed by atoms with van der Waals surface area (Å²) < 4.78 is 5.32. The van der Waals surface area contributed by atoms with Gasteiger partial charge in [-0.25, -0.2) is 0 Å². The molecule has 0 aliphatic carbocycles. The zero-order valence-corrected chi connectivity index (χ0v) is 15.4. The number of aliphatic imine (C=N–C) groups is 1. The van der Waals surface area contributed by atoms with Gasteiger partial charge in [0.2, 0.25) is 0 Å². The first-order valence-corrected chi connectivity index (χ1v) is 9.08. The molecule has 148 valence electrons. The molecular formula is C20H24N4O4. The maximum absolute atomic E-state index is 12.3. The van der Waals surface area contributed by atoms with Gasteiger partial charge in [-0.2, -0.15) is 0 Å². The van der Waals surface area contributed by atoms with Crippen molar-refractivity contribution in [3.63, 3.8) is 0 Å². The molecular weight excluding hydrogens is 360 g/mol. The molecule has 0 saturated heterocycles. The predicted molar refractivity (Wildman–Crippen MR) is 107 cm³/mol. The number of guanidine groups is 1. The van der Waals surface area contributed by atoms with Crippen LogP contribution in [0.3, 0.4) is 0 Å². The van der Waals surface area contributed by atoms with Crippen LogP contribution < -0.4 is 20.7 Å². The van der Waals surface area contributed by atoms with Crippen LogP contribution >= 0.6 is 0 Å². The van der Waals surface area contributed by atoms with E-state index in [1.807, 2.05) is 24.3 Å². The molecule has 2 aromatic carbocycles. The number of rotatable bonds is 8. The molecule has 1 heterocycles. The largest absolute Gasteiger partial charge is 0.491 e. The first-order valence-electron chi connectivity index (χ1n) is 9.08. The Morgan fingerprint density at radius 3 is 2.57 bits per heavy atom. The topological polar surface area (TPSA) is 115 Å². The second-order valence-corrected chi connectivity index (χ2v) is 6.33. The van der Waals surface area contributed by atoms with Crippen molar-refractivity contribution < 1.29 is 19.7 Å². The number of benzene rings is 2. The van der Waals surface area contributed by atoms with Crippen molar-refractivity contribution in [2.45, 2.75) is 12.6 Å². The number of ether oxygens (including phenoxy) is 1. The van der Waals surface area contributed by atoms with Gasteiger partial charge in [0.1, 0.15) is 18.5 Å². The average Bonchev–Trinajstić information content (AvgIpc) is 3.24. The molecule has 1 aliphatic rings. The lowest BCUT2D eigenvalue weighted by atomic mass is 10.1. The Balaban J connectivity index is 1.46. The van der Waals surface area contributed by atoms with Crippen molar-refractivity contribution in [2.75, 3.05) is 31.6 Å². The summed E-state index contributed by atoms with van der Waals surface area (Å²) >= 11 is 0. The van der Waals surface area contributed by atoms with E-state index < -0.39 is 6.10 Å². The molecule has 0 aromatic heterocycles. The molecule has 0 saturated carbocycles. The Kier molecular flexibility index (Phi) is 6.83. The van der Waals surface area contributed by atoms with E-state index in [0.717, 1.165) is 30.3 Å². The average molecular weight is 384 g/mol. The molecule has 0 radical (unpaired) electrons. The van der Waals surface area contributed by atoms with Crippen LogP contribution in [0.1, 0.15) is 15.9 Å². The van der Waals surface area contributed by atoms with Gasteiger partial charge in [-0.3, -0.25) is 9.79 Å². The third kappa shape index (κ3) is 5.70. The fourth-order valence-corrected chi connectivity index (χ4v) is 2.56. The van der Waals surface area contributed by atoms with E-state index in [1.165, 1.54) is 0 Å². The second kappa shape index (κ2) is 9.72. The van der Waals surface area contributed by atoms with Gasteiger partial charge in [0.15, 0.2) is 5.96 Å². The summed E-state index contributed by atoms with van der Waals surface area (Å²) in [5, 5.41) is 27.3. The number of hydrogen-bond acceptors (Lipinski definition) is 7. The molecule has 0 fully saturated rings. The highest BCUT2D eigenvalue weighted by Crippen LogP contribution is 2.13. The van der Waals surface area contributed by atoms with E-state index in [-0.39, 0.29) is 19.1 Å². The summed E-state index contributed by atoms with van der Waals surface area (Å²) in [6, 6.07) is 14.4. The Bertz CT molecular complexity index is 806. The smallest absolute Gasteiger partial charge is 0.251 e. The zero-order valence-electron chi connectivity index (χ0n) is 15.4. The molecule has 0 spiro atoms. The molecule has 1 amide bonds. The minimum atomic E-state index is -0.924. The molecule has 8 nitrogen and oxygen atoms in total. The summed E-state index contributed by atoms with van der Waals surface area (Å²) in [5.41, 5.74) is 2.43. The fraction of sp³-hybridized carbons (Fsp3) is 0.300. The number of aliphatic hydroxyl groups excluding tert-OH is 2. The van der Waals surface area contributed by atoms with Gasteiger partial charge in [0.25, 0.3) is 5.91 Å². The Morgan fingerprint density at radius 1 is 1.18 bits per heavy atom. The molecule has 3 rings (SSSR count). The summed E-state index contributed by atoms with van der Waals surface area (Å²) in [6.07, 6.45) is -0.924. The van der Waals surface area contributed by atoms with Crippen molar-refractivity contribution >= 4 is 17.6 Å². The van der Waals surface area contributed by atoms with Gasteiger partial charge in [0.05, 0.1) is 13.2 Å². The monoisotopic (exact) mass is 384 g/mol.